The van der Waals surface area contributed by atoms with Gasteiger partial charge in [0, 0.05) is 15.1 Å². The van der Waals surface area contributed by atoms with E-state index in [4.69, 9.17) is 33.5 Å². The van der Waals surface area contributed by atoms with Gasteiger partial charge in [-0.3, -0.25) is 0 Å². The van der Waals surface area contributed by atoms with Crippen LogP contribution in [0.1, 0.15) is 0 Å². The molecule has 21 heavy (non-hydrogen) atoms. The first-order chi connectivity index (χ1) is 10.1. The van der Waals surface area contributed by atoms with Crippen molar-refractivity contribution in [2.45, 2.75) is 0 Å². The zero-order valence-corrected chi connectivity index (χ0v) is 13.7. The van der Waals surface area contributed by atoms with Crippen LogP contribution in [0.25, 0.3) is 22.4 Å². The molecule has 0 amide bonds. The van der Waals surface area contributed by atoms with Crippen LogP contribution in [0, 0.1) is 0 Å². The maximum atomic E-state index is 6.24. The second-order valence-electron chi connectivity index (χ2n) is 4.40. The lowest BCUT2D eigenvalue weighted by atomic mass is 10.0. The molecular weight excluding hydrogens is 375 g/mol. The van der Waals surface area contributed by atoms with Crippen molar-refractivity contribution in [3.63, 3.8) is 0 Å². The van der Waals surface area contributed by atoms with Gasteiger partial charge < -0.3 is 10.3 Å². The van der Waals surface area contributed by atoms with E-state index in [0.717, 1.165) is 10.0 Å². The van der Waals surface area contributed by atoms with Gasteiger partial charge in [0.15, 0.2) is 0 Å². The molecule has 3 rings (SSSR count). The van der Waals surface area contributed by atoms with Crippen LogP contribution in [0.15, 0.2) is 51.5 Å². The van der Waals surface area contributed by atoms with E-state index in [0.29, 0.717) is 26.9 Å². The molecule has 0 bridgehead atoms. The number of benzene rings is 2. The monoisotopic (exact) mass is 382 g/mol. The van der Waals surface area contributed by atoms with Crippen LogP contribution in [0.2, 0.25) is 10.0 Å². The summed E-state index contributed by atoms with van der Waals surface area (Å²) in [5.41, 5.74) is 8.75. The van der Waals surface area contributed by atoms with E-state index in [9.17, 15) is 0 Å². The van der Waals surface area contributed by atoms with Gasteiger partial charge in [0.25, 0.3) is 0 Å². The van der Waals surface area contributed by atoms with Gasteiger partial charge in [0.2, 0.25) is 5.88 Å². The highest BCUT2D eigenvalue weighted by atomic mass is 79.9. The standard InChI is InChI=1S/C15H9BrCl2N2O/c16-9-3-1-2-8(6-9)13-14(20-21-15(13)19)11-7-10(17)4-5-12(11)18/h1-7H,19H2. The minimum Gasteiger partial charge on any atom is -0.367 e. The molecule has 0 aliphatic carbocycles. The van der Waals surface area contributed by atoms with E-state index in [-0.39, 0.29) is 5.88 Å². The van der Waals surface area contributed by atoms with Gasteiger partial charge >= 0.3 is 0 Å². The van der Waals surface area contributed by atoms with Crippen molar-refractivity contribution in [2.75, 3.05) is 5.73 Å². The summed E-state index contributed by atoms with van der Waals surface area (Å²) in [7, 11) is 0. The Morgan fingerprint density at radius 3 is 2.67 bits per heavy atom. The maximum Gasteiger partial charge on any atom is 0.230 e. The molecule has 1 aromatic heterocycles. The third-order valence-corrected chi connectivity index (χ3v) is 4.07. The summed E-state index contributed by atoms with van der Waals surface area (Å²) in [6.45, 7) is 0. The average Bonchev–Trinajstić information content (AvgIpc) is 2.83. The molecular formula is C15H9BrCl2N2O. The summed E-state index contributed by atoms with van der Waals surface area (Å²) in [6, 6.07) is 12.9. The average molecular weight is 384 g/mol. The fourth-order valence-electron chi connectivity index (χ4n) is 2.09. The predicted molar refractivity (Wildman–Crippen MR) is 89.5 cm³/mol. The van der Waals surface area contributed by atoms with Crippen molar-refractivity contribution in [3.8, 4) is 22.4 Å². The van der Waals surface area contributed by atoms with E-state index < -0.39 is 0 Å². The molecule has 2 aromatic carbocycles. The van der Waals surface area contributed by atoms with E-state index in [1.807, 2.05) is 24.3 Å². The van der Waals surface area contributed by atoms with Crippen LogP contribution in [0.5, 0.6) is 0 Å². The van der Waals surface area contributed by atoms with Crippen LogP contribution in [0.4, 0.5) is 5.88 Å². The Morgan fingerprint density at radius 1 is 1.10 bits per heavy atom. The highest BCUT2D eigenvalue weighted by Crippen LogP contribution is 2.40. The molecule has 0 radical (unpaired) electrons. The smallest absolute Gasteiger partial charge is 0.230 e. The molecule has 0 unspecified atom stereocenters. The number of nitrogens with two attached hydrogens (primary N) is 1. The third-order valence-electron chi connectivity index (χ3n) is 3.02. The van der Waals surface area contributed by atoms with Crippen LogP contribution in [-0.4, -0.2) is 5.16 Å². The van der Waals surface area contributed by atoms with Gasteiger partial charge in [-0.15, -0.1) is 0 Å². The van der Waals surface area contributed by atoms with Crippen LogP contribution in [-0.2, 0) is 0 Å². The Bertz CT molecular complexity index is 817. The molecule has 0 fully saturated rings. The Kier molecular flexibility index (Phi) is 3.93. The van der Waals surface area contributed by atoms with Crippen molar-refractivity contribution in [2.24, 2.45) is 0 Å². The van der Waals surface area contributed by atoms with E-state index in [1.165, 1.54) is 0 Å². The number of nitrogen functional groups attached to an aromatic ring is 1. The summed E-state index contributed by atoms with van der Waals surface area (Å²) in [5.74, 6) is 0.235. The molecule has 1 heterocycles. The van der Waals surface area contributed by atoms with Gasteiger partial charge in [-0.1, -0.05) is 56.4 Å². The first kappa shape index (κ1) is 14.4. The molecule has 2 N–H and O–H groups in total. The van der Waals surface area contributed by atoms with E-state index >= 15 is 0 Å². The second kappa shape index (κ2) is 5.72. The summed E-state index contributed by atoms with van der Waals surface area (Å²) in [4.78, 5) is 0. The summed E-state index contributed by atoms with van der Waals surface area (Å²) in [5, 5.41) is 5.13. The van der Waals surface area contributed by atoms with Crippen LogP contribution in [0.3, 0.4) is 0 Å². The predicted octanol–water partition coefficient (Wildman–Crippen LogP) is 5.66. The molecule has 106 valence electrons. The van der Waals surface area contributed by atoms with Crippen molar-refractivity contribution >= 4 is 45.0 Å². The van der Waals surface area contributed by atoms with E-state index in [2.05, 4.69) is 21.1 Å². The lowest BCUT2D eigenvalue weighted by molar-refractivity contribution is 0.439. The summed E-state index contributed by atoms with van der Waals surface area (Å²) >= 11 is 15.7. The molecule has 0 spiro atoms. The number of halogens is 3. The highest BCUT2D eigenvalue weighted by Gasteiger charge is 2.19. The quantitative estimate of drug-likeness (QED) is 0.621. The normalized spacial score (nSPS) is 10.8. The minimum atomic E-state index is 0.235. The maximum absolute atomic E-state index is 6.24. The fraction of sp³-hybridized carbons (Fsp3) is 0. The Morgan fingerprint density at radius 2 is 1.90 bits per heavy atom. The molecule has 3 nitrogen and oxygen atoms in total. The molecule has 0 saturated heterocycles. The summed E-state index contributed by atoms with van der Waals surface area (Å²) in [6.07, 6.45) is 0. The number of rotatable bonds is 2. The molecule has 0 saturated carbocycles. The lowest BCUT2D eigenvalue weighted by Gasteiger charge is -2.05. The molecule has 0 aliphatic heterocycles. The number of aromatic nitrogens is 1. The van der Waals surface area contributed by atoms with Crippen molar-refractivity contribution in [3.05, 3.63) is 57.0 Å². The first-order valence-corrected chi connectivity index (χ1v) is 7.57. The third kappa shape index (κ3) is 2.79. The minimum absolute atomic E-state index is 0.235. The van der Waals surface area contributed by atoms with Gasteiger partial charge in [0.05, 0.1) is 10.6 Å². The fourth-order valence-corrected chi connectivity index (χ4v) is 2.87. The topological polar surface area (TPSA) is 52.0 Å². The van der Waals surface area contributed by atoms with Crippen LogP contribution >= 0.6 is 39.1 Å². The first-order valence-electron chi connectivity index (χ1n) is 6.03. The number of nitrogens with zero attached hydrogens (tertiary/aromatic N) is 1. The number of hydrogen-bond acceptors (Lipinski definition) is 3. The highest BCUT2D eigenvalue weighted by molar-refractivity contribution is 9.10. The largest absolute Gasteiger partial charge is 0.367 e. The molecule has 3 aromatic rings. The van der Waals surface area contributed by atoms with Gasteiger partial charge in [0.1, 0.15) is 5.69 Å². The van der Waals surface area contributed by atoms with E-state index in [1.54, 1.807) is 18.2 Å². The van der Waals surface area contributed by atoms with Crippen molar-refractivity contribution in [1.29, 1.82) is 0 Å². The van der Waals surface area contributed by atoms with Gasteiger partial charge in [-0.05, 0) is 35.9 Å². The SMILES string of the molecule is Nc1onc(-c2cc(Cl)ccc2Cl)c1-c1cccc(Br)c1. The Labute approximate surface area is 139 Å². The van der Waals surface area contributed by atoms with Crippen molar-refractivity contribution in [1.82, 2.24) is 5.16 Å². The Hall–Kier alpha value is -1.49. The summed E-state index contributed by atoms with van der Waals surface area (Å²) < 4.78 is 6.08. The Balaban J connectivity index is 2.24. The number of hydrogen-bond donors (Lipinski definition) is 1. The lowest BCUT2D eigenvalue weighted by Crippen LogP contribution is -1.88. The zero-order chi connectivity index (χ0) is 15.0. The van der Waals surface area contributed by atoms with Crippen LogP contribution < -0.4 is 5.73 Å². The van der Waals surface area contributed by atoms with Gasteiger partial charge in [-0.2, -0.15) is 0 Å². The molecule has 0 atom stereocenters. The zero-order valence-electron chi connectivity index (χ0n) is 10.6. The molecule has 0 aliphatic rings. The number of anilines is 1. The van der Waals surface area contributed by atoms with Crippen molar-refractivity contribution < 1.29 is 4.52 Å². The molecule has 6 heteroatoms. The second-order valence-corrected chi connectivity index (χ2v) is 6.16. The van der Waals surface area contributed by atoms with Gasteiger partial charge in [-0.25, -0.2) is 0 Å².